The number of aromatic amines is 1. The molecule has 0 bridgehead atoms. The third-order valence-electron chi connectivity index (χ3n) is 5.81. The molecule has 0 radical (unpaired) electrons. The zero-order valence-electron chi connectivity index (χ0n) is 19.6. The maximum atomic E-state index is 14.4. The van der Waals surface area contributed by atoms with Crippen molar-refractivity contribution in [3.05, 3.63) is 88.0 Å². The minimum atomic E-state index is -4.47. The highest BCUT2D eigenvalue weighted by Crippen LogP contribution is 2.34. The number of fused-ring (bicyclic) bond motifs is 1. The Morgan fingerprint density at radius 3 is 2.33 bits per heavy atom. The van der Waals surface area contributed by atoms with Crippen LogP contribution in [-0.2, 0) is 12.7 Å². The molecule has 0 fully saturated rings. The van der Waals surface area contributed by atoms with Crippen LogP contribution in [0, 0.1) is 19.7 Å². The second-order valence-electron chi connectivity index (χ2n) is 8.35. The van der Waals surface area contributed by atoms with Gasteiger partial charge in [0.15, 0.2) is 11.6 Å². The van der Waals surface area contributed by atoms with Gasteiger partial charge < -0.3 is 15.6 Å². The summed E-state index contributed by atoms with van der Waals surface area (Å²) in [5.41, 5.74) is 3.01. The molecule has 1 aromatic heterocycles. The average molecular weight is 498 g/mol. The minimum absolute atomic E-state index is 0.0211. The summed E-state index contributed by atoms with van der Waals surface area (Å²) >= 11 is 0. The summed E-state index contributed by atoms with van der Waals surface area (Å²) in [7, 11) is 1.44. The van der Waals surface area contributed by atoms with E-state index in [4.69, 9.17) is 0 Å². The number of benzene rings is 3. The lowest BCUT2D eigenvalue weighted by Crippen LogP contribution is -2.23. The number of H-pyrrole nitrogens is 1. The van der Waals surface area contributed by atoms with Crippen LogP contribution >= 0.6 is 0 Å². The summed E-state index contributed by atoms with van der Waals surface area (Å²) in [6, 6.07) is 10.9. The normalized spacial score (nSPS) is 11.5. The second-order valence-corrected chi connectivity index (χ2v) is 8.35. The Bertz CT molecular complexity index is 1470. The number of carbonyl (C=O) groups is 2. The molecule has 4 aromatic rings. The van der Waals surface area contributed by atoms with Gasteiger partial charge in [-0.2, -0.15) is 13.2 Å². The van der Waals surface area contributed by atoms with E-state index in [1.807, 2.05) is 0 Å². The molecule has 0 aliphatic heterocycles. The van der Waals surface area contributed by atoms with Crippen molar-refractivity contribution in [2.24, 2.45) is 0 Å². The number of hydrogen-bond acceptors (Lipinski definition) is 3. The Morgan fingerprint density at radius 1 is 1.00 bits per heavy atom. The number of carbonyl (C=O) groups excluding carboxylic acids is 2. The van der Waals surface area contributed by atoms with Crippen LogP contribution in [0.1, 0.15) is 43.2 Å². The molecule has 36 heavy (non-hydrogen) atoms. The van der Waals surface area contributed by atoms with Crippen molar-refractivity contribution in [1.82, 2.24) is 20.6 Å². The van der Waals surface area contributed by atoms with Gasteiger partial charge in [0.25, 0.3) is 11.8 Å². The van der Waals surface area contributed by atoms with Gasteiger partial charge in [-0.25, -0.2) is 9.37 Å². The summed E-state index contributed by atoms with van der Waals surface area (Å²) < 4.78 is 53.2. The van der Waals surface area contributed by atoms with Crippen molar-refractivity contribution < 1.29 is 27.2 Å². The van der Waals surface area contributed by atoms with E-state index in [1.165, 1.54) is 25.2 Å². The van der Waals surface area contributed by atoms with Gasteiger partial charge in [0.2, 0.25) is 0 Å². The lowest BCUT2D eigenvalue weighted by atomic mass is 9.92. The molecule has 0 aliphatic carbocycles. The van der Waals surface area contributed by atoms with Gasteiger partial charge in [-0.15, -0.1) is 0 Å². The van der Waals surface area contributed by atoms with Crippen molar-refractivity contribution in [3.8, 4) is 11.1 Å². The number of amides is 2. The quantitative estimate of drug-likeness (QED) is 0.327. The summed E-state index contributed by atoms with van der Waals surface area (Å²) in [5, 5.41) is 5.09. The van der Waals surface area contributed by atoms with E-state index in [0.717, 1.165) is 17.7 Å². The maximum absolute atomic E-state index is 14.4. The molecule has 2 amide bonds. The summed E-state index contributed by atoms with van der Waals surface area (Å²) in [6.45, 7) is 3.51. The van der Waals surface area contributed by atoms with Crippen molar-refractivity contribution in [2.75, 3.05) is 7.05 Å². The van der Waals surface area contributed by atoms with Crippen LogP contribution in [0.25, 0.3) is 22.2 Å². The van der Waals surface area contributed by atoms with Crippen LogP contribution < -0.4 is 10.6 Å². The molecule has 0 atom stereocenters. The van der Waals surface area contributed by atoms with Gasteiger partial charge in [-0.3, -0.25) is 9.59 Å². The largest absolute Gasteiger partial charge is 0.416 e. The van der Waals surface area contributed by atoms with Crippen LogP contribution in [0.5, 0.6) is 0 Å². The predicted octanol–water partition coefficient (Wildman–Crippen LogP) is 5.29. The number of alkyl halides is 3. The van der Waals surface area contributed by atoms with Gasteiger partial charge in [-0.1, -0.05) is 12.1 Å². The van der Waals surface area contributed by atoms with Crippen molar-refractivity contribution in [1.29, 1.82) is 0 Å². The van der Waals surface area contributed by atoms with Crippen LogP contribution in [0.2, 0.25) is 0 Å². The Hall–Kier alpha value is -4.21. The van der Waals surface area contributed by atoms with Gasteiger partial charge in [0, 0.05) is 24.7 Å². The first-order chi connectivity index (χ1) is 17.0. The van der Waals surface area contributed by atoms with Crippen molar-refractivity contribution >= 4 is 22.8 Å². The average Bonchev–Trinajstić information content (AvgIpc) is 3.29. The van der Waals surface area contributed by atoms with E-state index in [-0.39, 0.29) is 17.9 Å². The second kappa shape index (κ2) is 9.44. The van der Waals surface area contributed by atoms with Crippen LogP contribution in [0.15, 0.2) is 48.5 Å². The van der Waals surface area contributed by atoms with E-state index in [2.05, 4.69) is 20.6 Å². The van der Waals surface area contributed by atoms with Gasteiger partial charge in [0.1, 0.15) is 5.52 Å². The highest BCUT2D eigenvalue weighted by atomic mass is 19.4. The summed E-state index contributed by atoms with van der Waals surface area (Å²) in [6.07, 6.45) is -4.47. The van der Waals surface area contributed by atoms with E-state index in [1.54, 1.807) is 32.0 Å². The molecule has 0 saturated heterocycles. The number of halogens is 4. The van der Waals surface area contributed by atoms with Crippen molar-refractivity contribution in [3.63, 3.8) is 0 Å². The fraction of sp³-hybridized carbons (Fsp3) is 0.192. The molecule has 3 aromatic carbocycles. The van der Waals surface area contributed by atoms with E-state index in [9.17, 15) is 27.2 Å². The number of imidazole rings is 1. The topological polar surface area (TPSA) is 86.9 Å². The fourth-order valence-electron chi connectivity index (χ4n) is 4.16. The zero-order chi connectivity index (χ0) is 26.2. The fourth-order valence-corrected chi connectivity index (χ4v) is 4.16. The Kier molecular flexibility index (Phi) is 6.53. The third kappa shape index (κ3) is 4.79. The highest BCUT2D eigenvalue weighted by Gasteiger charge is 2.30. The third-order valence-corrected chi connectivity index (χ3v) is 5.81. The molecule has 1 heterocycles. The predicted molar refractivity (Wildman–Crippen MR) is 127 cm³/mol. The lowest BCUT2D eigenvalue weighted by Gasteiger charge is -2.14. The molecular formula is C26H22F4N4O2. The SMILES string of the molecule is CNC(=O)c1nc2c(F)ccc(-c3c(C)cc(C(=O)NCc4cccc(C(F)(F)F)c4)cc3C)c2[nH]1. The van der Waals surface area contributed by atoms with Gasteiger partial charge >= 0.3 is 6.18 Å². The molecule has 4 rings (SSSR count). The van der Waals surface area contributed by atoms with E-state index >= 15 is 0 Å². The first-order valence-corrected chi connectivity index (χ1v) is 11.0. The first kappa shape index (κ1) is 24.9. The smallest absolute Gasteiger partial charge is 0.352 e. The minimum Gasteiger partial charge on any atom is -0.352 e. The molecule has 6 nitrogen and oxygen atoms in total. The van der Waals surface area contributed by atoms with Crippen LogP contribution in [0.3, 0.4) is 0 Å². The van der Waals surface area contributed by atoms with Crippen LogP contribution in [0.4, 0.5) is 17.6 Å². The summed E-state index contributed by atoms with van der Waals surface area (Å²) in [4.78, 5) is 31.7. The molecule has 10 heteroatoms. The number of hydrogen-bond donors (Lipinski definition) is 3. The zero-order valence-corrected chi connectivity index (χ0v) is 19.6. The number of aryl methyl sites for hydroxylation is 2. The summed E-state index contributed by atoms with van der Waals surface area (Å²) in [5.74, 6) is -1.54. The molecule has 3 N–H and O–H groups in total. The number of rotatable bonds is 5. The van der Waals surface area contributed by atoms with E-state index in [0.29, 0.717) is 33.3 Å². The number of aromatic nitrogens is 2. The maximum Gasteiger partial charge on any atom is 0.416 e. The van der Waals surface area contributed by atoms with Gasteiger partial charge in [0.05, 0.1) is 11.1 Å². The highest BCUT2D eigenvalue weighted by molar-refractivity contribution is 6.01. The molecule has 0 spiro atoms. The molecule has 186 valence electrons. The molecule has 0 aliphatic rings. The molecule has 0 saturated carbocycles. The van der Waals surface area contributed by atoms with Crippen LogP contribution in [-0.4, -0.2) is 28.8 Å². The first-order valence-electron chi connectivity index (χ1n) is 11.0. The molecule has 0 unspecified atom stereocenters. The van der Waals surface area contributed by atoms with Crippen molar-refractivity contribution in [2.45, 2.75) is 26.6 Å². The number of nitrogens with zero attached hydrogens (tertiary/aromatic N) is 1. The Morgan fingerprint density at radius 2 is 1.69 bits per heavy atom. The van der Waals surface area contributed by atoms with E-state index < -0.39 is 29.4 Å². The van der Waals surface area contributed by atoms with Gasteiger partial charge in [-0.05, 0) is 72.5 Å². The number of nitrogens with one attached hydrogen (secondary N) is 3. The monoisotopic (exact) mass is 498 g/mol. The Labute approximate surface area is 203 Å². The molecular weight excluding hydrogens is 476 g/mol. The standard InChI is InChI=1S/C26H22F4N4O2/c1-13-9-16(24(35)32-12-15-5-4-6-17(11-15)26(28,29)30)10-14(2)20(13)18-7-8-19(27)22-21(18)33-23(34-22)25(36)31-3/h4-11H,12H2,1-3H3,(H,31,36)(H,32,35)(H,33,34). The lowest BCUT2D eigenvalue weighted by molar-refractivity contribution is -0.137. The Balaban J connectivity index is 1.63.